The van der Waals surface area contributed by atoms with Gasteiger partial charge in [0.2, 0.25) is 0 Å². The molecule has 2 N–H and O–H groups in total. The van der Waals surface area contributed by atoms with Gasteiger partial charge in [-0.2, -0.15) is 0 Å². The van der Waals surface area contributed by atoms with Crippen LogP contribution in [-0.2, 0) is 28.6 Å². The van der Waals surface area contributed by atoms with Crippen molar-refractivity contribution in [3.63, 3.8) is 0 Å². The van der Waals surface area contributed by atoms with E-state index in [9.17, 15) is 24.8 Å². The van der Waals surface area contributed by atoms with Crippen molar-refractivity contribution < 1.29 is 38.8 Å². The molecule has 3 aliphatic rings. The van der Waals surface area contributed by atoms with Crippen molar-refractivity contribution >= 4 is 11.8 Å². The number of Topliss-reactive ketones (excluding diaryl/α,β-unsaturated/α-hetero) is 1. The number of ether oxygens (including phenoxy) is 3. The Bertz CT molecular complexity index is 1050. The topological polar surface area (TPSA) is 146 Å². The number of fused-ring (bicyclic) bond motifs is 1. The number of benzene rings is 1. The van der Waals surface area contributed by atoms with Crippen molar-refractivity contribution in [1.29, 1.82) is 0 Å². The minimum Gasteiger partial charge on any atom is -0.466 e. The van der Waals surface area contributed by atoms with Crippen LogP contribution < -0.4 is 5.32 Å². The fourth-order valence-corrected chi connectivity index (χ4v) is 4.78. The number of esters is 1. The molecule has 11 heteroatoms. The number of methoxy groups -OCH3 is 1. The number of allylic oxidation sites excluding steroid dienone is 2. The van der Waals surface area contributed by atoms with Gasteiger partial charge in [-0.1, -0.05) is 30.3 Å². The largest absolute Gasteiger partial charge is 0.466 e. The molecular formula is C22H24N2O9. The monoisotopic (exact) mass is 460 g/mol. The second kappa shape index (κ2) is 8.58. The highest BCUT2D eigenvalue weighted by atomic mass is 17.0. The maximum atomic E-state index is 13.9. The summed E-state index contributed by atoms with van der Waals surface area (Å²) in [6, 6.07) is 8.92. The third-order valence-electron chi connectivity index (χ3n) is 6.23. The van der Waals surface area contributed by atoms with Crippen LogP contribution in [0.25, 0.3) is 0 Å². The molecule has 176 valence electrons. The number of hydrogen-bond donors (Lipinski definition) is 2. The van der Waals surface area contributed by atoms with Gasteiger partial charge in [0.15, 0.2) is 17.5 Å². The molecule has 2 saturated heterocycles. The number of carbonyl (C=O) groups is 2. The van der Waals surface area contributed by atoms with Crippen LogP contribution in [0.2, 0.25) is 0 Å². The molecule has 5 atom stereocenters. The van der Waals surface area contributed by atoms with Gasteiger partial charge in [-0.25, -0.2) is 4.79 Å². The standard InChI is InChI=1S/C22H24N2O9/c1-11-15(17(13-7-5-4-6-8-13)16(12(2)23-11)21(26)30-3)19(25)22(27)10-32-18-14(33-24(28)29)9-31-20(18)22/h4-8,14,17-18,20,23,27H,9-10H2,1-3H3/t14-,17?,18+,20-,22-/m0/s1. The Kier molecular flexibility index (Phi) is 5.95. The number of carbonyl (C=O) groups excluding carboxylic acids is 2. The smallest absolute Gasteiger partial charge is 0.336 e. The van der Waals surface area contributed by atoms with Crippen molar-refractivity contribution in [2.24, 2.45) is 0 Å². The average Bonchev–Trinajstić information content (AvgIpc) is 3.34. The van der Waals surface area contributed by atoms with Gasteiger partial charge >= 0.3 is 5.97 Å². The van der Waals surface area contributed by atoms with E-state index in [1.165, 1.54) is 7.11 Å². The van der Waals surface area contributed by atoms with Gasteiger partial charge in [0.1, 0.15) is 12.2 Å². The van der Waals surface area contributed by atoms with Crippen LogP contribution in [0, 0.1) is 10.1 Å². The van der Waals surface area contributed by atoms with Gasteiger partial charge in [0.05, 0.1) is 25.9 Å². The summed E-state index contributed by atoms with van der Waals surface area (Å²) >= 11 is 0. The van der Waals surface area contributed by atoms with Gasteiger partial charge < -0.3 is 29.5 Å². The number of dihydropyridines is 1. The first-order chi connectivity index (χ1) is 15.7. The van der Waals surface area contributed by atoms with Gasteiger partial charge in [-0.15, -0.1) is 10.1 Å². The van der Waals surface area contributed by atoms with Crippen LogP contribution in [0.15, 0.2) is 52.9 Å². The van der Waals surface area contributed by atoms with E-state index >= 15 is 0 Å². The molecule has 0 bridgehead atoms. The molecule has 3 aliphatic heterocycles. The third-order valence-corrected chi connectivity index (χ3v) is 6.23. The lowest BCUT2D eigenvalue weighted by atomic mass is 9.74. The summed E-state index contributed by atoms with van der Waals surface area (Å²) in [5.41, 5.74) is -0.111. The minimum absolute atomic E-state index is 0.154. The van der Waals surface area contributed by atoms with E-state index in [4.69, 9.17) is 14.2 Å². The van der Waals surface area contributed by atoms with Crippen molar-refractivity contribution in [1.82, 2.24) is 5.32 Å². The Hall–Kier alpha value is -3.28. The molecule has 0 aromatic heterocycles. The minimum atomic E-state index is -2.13. The van der Waals surface area contributed by atoms with E-state index in [-0.39, 0.29) is 17.8 Å². The van der Waals surface area contributed by atoms with Crippen LogP contribution in [0.5, 0.6) is 0 Å². The highest BCUT2D eigenvalue weighted by Gasteiger charge is 2.62. The second-order valence-electron chi connectivity index (χ2n) is 8.19. The molecule has 3 heterocycles. The van der Waals surface area contributed by atoms with Crippen LogP contribution in [-0.4, -0.2) is 66.2 Å². The number of aliphatic hydroxyl groups is 1. The lowest BCUT2D eigenvalue weighted by Crippen LogP contribution is -2.53. The maximum absolute atomic E-state index is 13.9. The number of nitrogens with zero attached hydrogens (tertiary/aromatic N) is 1. The molecule has 0 spiro atoms. The number of hydrogen-bond acceptors (Lipinski definition) is 10. The summed E-state index contributed by atoms with van der Waals surface area (Å²) in [6.45, 7) is 2.73. The SMILES string of the molecule is COC(=O)C1=C(C)NC(C)=C(C(=O)[C@@]2(O)CO[C@@H]3[C@@H](O[N+](=O)[O-])CO[C@@H]32)C1c1ccccc1. The lowest BCUT2D eigenvalue weighted by molar-refractivity contribution is -0.769. The third kappa shape index (κ3) is 3.77. The lowest BCUT2D eigenvalue weighted by Gasteiger charge is -2.34. The molecule has 0 aliphatic carbocycles. The quantitative estimate of drug-likeness (QED) is 0.354. The predicted octanol–water partition coefficient (Wildman–Crippen LogP) is 0.769. The Morgan fingerprint density at radius 3 is 2.48 bits per heavy atom. The molecule has 0 amide bonds. The predicted molar refractivity (Wildman–Crippen MR) is 111 cm³/mol. The van der Waals surface area contributed by atoms with Crippen LogP contribution in [0.3, 0.4) is 0 Å². The van der Waals surface area contributed by atoms with Crippen LogP contribution >= 0.6 is 0 Å². The molecule has 1 aromatic rings. The van der Waals surface area contributed by atoms with Gasteiger partial charge in [0, 0.05) is 22.9 Å². The first-order valence-corrected chi connectivity index (χ1v) is 10.3. The highest BCUT2D eigenvalue weighted by Crippen LogP contribution is 2.44. The van der Waals surface area contributed by atoms with Gasteiger partial charge in [-0.3, -0.25) is 4.79 Å². The molecule has 0 saturated carbocycles. The van der Waals surface area contributed by atoms with Gasteiger partial charge in [-0.05, 0) is 19.4 Å². The van der Waals surface area contributed by atoms with Crippen LogP contribution in [0.4, 0.5) is 0 Å². The maximum Gasteiger partial charge on any atom is 0.336 e. The zero-order chi connectivity index (χ0) is 23.9. The number of ketones is 1. The molecule has 1 unspecified atom stereocenters. The average molecular weight is 460 g/mol. The summed E-state index contributed by atoms with van der Waals surface area (Å²) in [5, 5.41) is 24.3. The molecule has 4 rings (SSSR count). The number of nitrogens with one attached hydrogen (secondary N) is 1. The van der Waals surface area contributed by atoms with Gasteiger partial charge in [0.25, 0.3) is 5.09 Å². The zero-order valence-corrected chi connectivity index (χ0v) is 18.3. The fourth-order valence-electron chi connectivity index (χ4n) is 4.78. The summed E-state index contributed by atoms with van der Waals surface area (Å²) in [4.78, 5) is 42.0. The Morgan fingerprint density at radius 2 is 1.85 bits per heavy atom. The first kappa shape index (κ1) is 22.9. The molecule has 1 aromatic carbocycles. The second-order valence-corrected chi connectivity index (χ2v) is 8.19. The fraction of sp³-hybridized carbons (Fsp3) is 0.455. The summed E-state index contributed by atoms with van der Waals surface area (Å²) in [6.07, 6.45) is -3.22. The van der Waals surface area contributed by atoms with Crippen molar-refractivity contribution in [2.75, 3.05) is 20.3 Å². The van der Waals surface area contributed by atoms with Crippen molar-refractivity contribution in [3.05, 3.63) is 68.5 Å². The normalized spacial score (nSPS) is 31.2. The van der Waals surface area contributed by atoms with E-state index in [0.29, 0.717) is 17.0 Å². The Balaban J connectivity index is 1.75. The summed E-state index contributed by atoms with van der Waals surface area (Å²) in [5.74, 6) is -2.14. The van der Waals surface area contributed by atoms with E-state index in [2.05, 4.69) is 10.2 Å². The van der Waals surface area contributed by atoms with Crippen LogP contribution in [0.1, 0.15) is 25.3 Å². The molecule has 11 nitrogen and oxygen atoms in total. The van der Waals surface area contributed by atoms with E-state index in [1.807, 2.05) is 6.07 Å². The zero-order valence-electron chi connectivity index (χ0n) is 18.3. The molecule has 0 radical (unpaired) electrons. The molecular weight excluding hydrogens is 436 g/mol. The summed E-state index contributed by atoms with van der Waals surface area (Å²) < 4.78 is 16.1. The number of rotatable bonds is 6. The van der Waals surface area contributed by atoms with E-state index < -0.39 is 53.3 Å². The highest BCUT2D eigenvalue weighted by molar-refractivity contribution is 6.07. The van der Waals surface area contributed by atoms with Crippen molar-refractivity contribution in [3.8, 4) is 0 Å². The van der Waals surface area contributed by atoms with E-state index in [1.54, 1.807) is 38.1 Å². The molecule has 2 fully saturated rings. The summed E-state index contributed by atoms with van der Waals surface area (Å²) in [7, 11) is 1.25. The molecule has 33 heavy (non-hydrogen) atoms. The first-order valence-electron chi connectivity index (χ1n) is 10.3. The Labute approximate surface area is 189 Å². The Morgan fingerprint density at radius 1 is 1.18 bits per heavy atom. The van der Waals surface area contributed by atoms with Crippen molar-refractivity contribution in [2.45, 2.75) is 43.7 Å². The van der Waals surface area contributed by atoms with E-state index in [0.717, 1.165) is 0 Å².